The van der Waals surface area contributed by atoms with Crippen molar-refractivity contribution in [2.24, 2.45) is 0 Å². The van der Waals surface area contributed by atoms with E-state index in [9.17, 15) is 0 Å². The SMILES string of the molecule is CCNC(=S)NCC(C)N(C)C1CC1. The third kappa shape index (κ3) is 3.80. The summed E-state index contributed by atoms with van der Waals surface area (Å²) in [5.74, 6) is 0. The minimum absolute atomic E-state index is 0.555. The number of nitrogens with one attached hydrogen (secondary N) is 2. The fourth-order valence-electron chi connectivity index (χ4n) is 1.45. The lowest BCUT2D eigenvalue weighted by atomic mass is 10.3. The monoisotopic (exact) mass is 215 g/mol. The summed E-state index contributed by atoms with van der Waals surface area (Å²) in [6.07, 6.45) is 2.72. The summed E-state index contributed by atoms with van der Waals surface area (Å²) in [5, 5.41) is 7.08. The van der Waals surface area contributed by atoms with Crippen molar-refractivity contribution in [3.8, 4) is 0 Å². The van der Waals surface area contributed by atoms with Crippen LogP contribution in [0.25, 0.3) is 0 Å². The summed E-state index contributed by atoms with van der Waals surface area (Å²) < 4.78 is 0. The van der Waals surface area contributed by atoms with Crippen molar-refractivity contribution in [1.29, 1.82) is 0 Å². The molecule has 3 nitrogen and oxygen atoms in total. The van der Waals surface area contributed by atoms with Gasteiger partial charge in [-0.15, -0.1) is 0 Å². The van der Waals surface area contributed by atoms with Crippen LogP contribution in [0.15, 0.2) is 0 Å². The summed E-state index contributed by atoms with van der Waals surface area (Å²) >= 11 is 5.10. The molecule has 4 heteroatoms. The van der Waals surface area contributed by atoms with E-state index in [0.29, 0.717) is 6.04 Å². The van der Waals surface area contributed by atoms with E-state index >= 15 is 0 Å². The minimum atomic E-state index is 0.555. The molecule has 0 heterocycles. The summed E-state index contributed by atoms with van der Waals surface area (Å²) in [6.45, 7) is 6.10. The third-order valence-electron chi connectivity index (χ3n) is 2.71. The predicted octanol–water partition coefficient (Wildman–Crippen LogP) is 0.953. The largest absolute Gasteiger partial charge is 0.363 e. The molecule has 0 radical (unpaired) electrons. The zero-order valence-electron chi connectivity index (χ0n) is 9.34. The Balaban J connectivity index is 2.13. The highest BCUT2D eigenvalue weighted by molar-refractivity contribution is 7.80. The zero-order chi connectivity index (χ0) is 10.6. The topological polar surface area (TPSA) is 27.3 Å². The second-order valence-corrected chi connectivity index (χ2v) is 4.39. The average Bonchev–Trinajstić information content (AvgIpc) is 2.96. The van der Waals surface area contributed by atoms with Gasteiger partial charge >= 0.3 is 0 Å². The van der Waals surface area contributed by atoms with Gasteiger partial charge < -0.3 is 10.6 Å². The Kier molecular flexibility index (Phi) is 4.62. The fraction of sp³-hybridized carbons (Fsp3) is 0.900. The van der Waals surface area contributed by atoms with Gasteiger partial charge in [0.25, 0.3) is 0 Å². The zero-order valence-corrected chi connectivity index (χ0v) is 10.2. The van der Waals surface area contributed by atoms with Gasteiger partial charge in [0.05, 0.1) is 0 Å². The minimum Gasteiger partial charge on any atom is -0.363 e. The van der Waals surface area contributed by atoms with Crippen LogP contribution in [0.4, 0.5) is 0 Å². The van der Waals surface area contributed by atoms with E-state index in [1.807, 2.05) is 6.92 Å². The molecule has 0 spiro atoms. The summed E-state index contributed by atoms with van der Waals surface area (Å²) in [4.78, 5) is 2.43. The van der Waals surface area contributed by atoms with Crippen molar-refractivity contribution >= 4 is 17.3 Å². The first-order valence-electron chi connectivity index (χ1n) is 5.38. The molecule has 1 atom stereocenters. The maximum Gasteiger partial charge on any atom is 0.166 e. The lowest BCUT2D eigenvalue weighted by molar-refractivity contribution is 0.248. The van der Waals surface area contributed by atoms with E-state index in [1.54, 1.807) is 0 Å². The molecule has 1 aliphatic carbocycles. The molecular formula is C10H21N3S. The molecule has 1 saturated carbocycles. The third-order valence-corrected chi connectivity index (χ3v) is 3.00. The molecular weight excluding hydrogens is 194 g/mol. The van der Waals surface area contributed by atoms with Crippen molar-refractivity contribution < 1.29 is 0 Å². The molecule has 1 aliphatic rings. The molecule has 1 unspecified atom stereocenters. The van der Waals surface area contributed by atoms with E-state index in [4.69, 9.17) is 12.2 Å². The highest BCUT2D eigenvalue weighted by Crippen LogP contribution is 2.26. The smallest absolute Gasteiger partial charge is 0.166 e. The molecule has 0 saturated heterocycles. The second kappa shape index (κ2) is 5.51. The van der Waals surface area contributed by atoms with Crippen LogP contribution in [-0.4, -0.2) is 42.2 Å². The molecule has 0 amide bonds. The van der Waals surface area contributed by atoms with E-state index in [0.717, 1.165) is 24.2 Å². The van der Waals surface area contributed by atoms with Crippen LogP contribution in [0.1, 0.15) is 26.7 Å². The molecule has 0 bridgehead atoms. The van der Waals surface area contributed by atoms with Crippen molar-refractivity contribution in [2.75, 3.05) is 20.1 Å². The molecule has 0 aromatic heterocycles. The highest BCUT2D eigenvalue weighted by Gasteiger charge is 2.28. The maximum absolute atomic E-state index is 5.10. The first-order chi connectivity index (χ1) is 6.65. The first-order valence-corrected chi connectivity index (χ1v) is 5.79. The fourth-order valence-corrected chi connectivity index (χ4v) is 1.68. The first kappa shape index (κ1) is 11.7. The van der Waals surface area contributed by atoms with Crippen LogP contribution in [-0.2, 0) is 0 Å². The van der Waals surface area contributed by atoms with Crippen molar-refractivity contribution in [2.45, 2.75) is 38.8 Å². The average molecular weight is 215 g/mol. The van der Waals surface area contributed by atoms with Crippen LogP contribution in [0.2, 0.25) is 0 Å². The summed E-state index contributed by atoms with van der Waals surface area (Å²) in [5.41, 5.74) is 0. The Bertz CT molecular complexity index is 192. The lowest BCUT2D eigenvalue weighted by Gasteiger charge is -2.25. The number of likely N-dealkylation sites (N-methyl/N-ethyl adjacent to an activating group) is 1. The molecule has 2 N–H and O–H groups in total. The van der Waals surface area contributed by atoms with Crippen LogP contribution < -0.4 is 10.6 Å². The van der Waals surface area contributed by atoms with E-state index < -0.39 is 0 Å². The van der Waals surface area contributed by atoms with Crippen LogP contribution in [0, 0.1) is 0 Å². The highest BCUT2D eigenvalue weighted by atomic mass is 32.1. The van der Waals surface area contributed by atoms with Crippen LogP contribution >= 0.6 is 12.2 Å². The Morgan fingerprint density at radius 1 is 1.50 bits per heavy atom. The number of hydrogen-bond acceptors (Lipinski definition) is 2. The van der Waals surface area contributed by atoms with Gasteiger partial charge in [0.1, 0.15) is 0 Å². The molecule has 0 aromatic carbocycles. The number of hydrogen-bond donors (Lipinski definition) is 2. The van der Waals surface area contributed by atoms with E-state index in [1.165, 1.54) is 12.8 Å². The van der Waals surface area contributed by atoms with Gasteiger partial charge in [-0.25, -0.2) is 0 Å². The Morgan fingerprint density at radius 3 is 2.64 bits per heavy atom. The summed E-state index contributed by atoms with van der Waals surface area (Å²) in [6, 6.07) is 1.37. The van der Waals surface area contributed by atoms with Crippen LogP contribution in [0.3, 0.4) is 0 Å². The molecule has 14 heavy (non-hydrogen) atoms. The lowest BCUT2D eigenvalue weighted by Crippen LogP contribution is -2.44. The van der Waals surface area contributed by atoms with Crippen molar-refractivity contribution in [1.82, 2.24) is 15.5 Å². The van der Waals surface area contributed by atoms with Gasteiger partial charge in [0, 0.05) is 25.2 Å². The Morgan fingerprint density at radius 2 is 2.14 bits per heavy atom. The van der Waals surface area contributed by atoms with Gasteiger partial charge in [-0.05, 0) is 46.0 Å². The standard InChI is InChI=1S/C10H21N3S/c1-4-11-10(14)12-7-8(2)13(3)9-5-6-9/h8-9H,4-7H2,1-3H3,(H2,11,12,14). The van der Waals surface area contributed by atoms with Crippen LogP contribution in [0.5, 0.6) is 0 Å². The quantitative estimate of drug-likeness (QED) is 0.668. The van der Waals surface area contributed by atoms with Gasteiger partial charge in [-0.2, -0.15) is 0 Å². The second-order valence-electron chi connectivity index (χ2n) is 3.99. The van der Waals surface area contributed by atoms with Gasteiger partial charge in [-0.1, -0.05) is 0 Å². The number of rotatable bonds is 5. The maximum atomic E-state index is 5.10. The van der Waals surface area contributed by atoms with Crippen molar-refractivity contribution in [3.05, 3.63) is 0 Å². The molecule has 0 aliphatic heterocycles. The molecule has 1 fully saturated rings. The number of nitrogens with zero attached hydrogens (tertiary/aromatic N) is 1. The van der Waals surface area contributed by atoms with Crippen molar-refractivity contribution in [3.63, 3.8) is 0 Å². The number of thiocarbonyl (C=S) groups is 1. The van der Waals surface area contributed by atoms with E-state index in [-0.39, 0.29) is 0 Å². The molecule has 82 valence electrons. The van der Waals surface area contributed by atoms with Gasteiger partial charge in [-0.3, -0.25) is 4.90 Å². The normalized spacial score (nSPS) is 18.0. The summed E-state index contributed by atoms with van der Waals surface area (Å²) in [7, 11) is 2.19. The Labute approximate surface area is 92.2 Å². The van der Waals surface area contributed by atoms with E-state index in [2.05, 4.69) is 29.5 Å². The Hall–Kier alpha value is -0.350. The molecule has 1 rings (SSSR count). The predicted molar refractivity (Wildman–Crippen MR) is 64.5 cm³/mol. The van der Waals surface area contributed by atoms with Gasteiger partial charge in [0.2, 0.25) is 0 Å². The molecule has 0 aromatic rings. The van der Waals surface area contributed by atoms with Gasteiger partial charge in [0.15, 0.2) is 5.11 Å².